The maximum absolute atomic E-state index is 12.5. The molecule has 1 aliphatic heterocycles. The van der Waals surface area contributed by atoms with Gasteiger partial charge in [0.2, 0.25) is 11.8 Å². The quantitative estimate of drug-likeness (QED) is 0.633. The van der Waals surface area contributed by atoms with Gasteiger partial charge in [-0.25, -0.2) is 0 Å². The van der Waals surface area contributed by atoms with Gasteiger partial charge in [0.05, 0.1) is 6.54 Å². The summed E-state index contributed by atoms with van der Waals surface area (Å²) in [5, 5.41) is 4.88. The minimum Gasteiger partial charge on any atom is -0.323 e. The number of amides is 2. The first-order chi connectivity index (χ1) is 13.7. The van der Waals surface area contributed by atoms with Crippen molar-refractivity contribution in [2.75, 3.05) is 10.2 Å². The Labute approximate surface area is 168 Å². The van der Waals surface area contributed by atoms with E-state index in [9.17, 15) is 9.59 Å². The highest BCUT2D eigenvalue weighted by atomic mass is 32.1. The lowest BCUT2D eigenvalue weighted by molar-refractivity contribution is -0.119. The zero-order valence-corrected chi connectivity index (χ0v) is 16.1. The Balaban J connectivity index is 1.49. The van der Waals surface area contributed by atoms with Crippen molar-refractivity contribution in [3.63, 3.8) is 0 Å². The summed E-state index contributed by atoms with van der Waals surface area (Å²) in [6.07, 6.45) is 4.51. The van der Waals surface area contributed by atoms with Gasteiger partial charge < -0.3 is 10.2 Å². The van der Waals surface area contributed by atoms with Crippen LogP contribution in [0.3, 0.4) is 0 Å². The molecule has 5 heteroatoms. The summed E-state index contributed by atoms with van der Waals surface area (Å²) >= 11 is 1.59. The van der Waals surface area contributed by atoms with Crippen LogP contribution in [0.15, 0.2) is 72.1 Å². The van der Waals surface area contributed by atoms with Gasteiger partial charge in [-0.15, -0.1) is 11.3 Å². The first-order valence-electron chi connectivity index (χ1n) is 9.19. The molecule has 1 N–H and O–H groups in total. The molecular formula is C23H20N2O2S. The molecular weight excluding hydrogens is 368 g/mol. The highest BCUT2D eigenvalue weighted by Crippen LogP contribution is 2.31. The minimum absolute atomic E-state index is 0.131. The molecule has 3 aromatic rings. The fourth-order valence-corrected chi connectivity index (χ4v) is 3.92. The molecule has 1 aromatic heterocycles. The van der Waals surface area contributed by atoms with Crippen LogP contribution in [0.2, 0.25) is 0 Å². The van der Waals surface area contributed by atoms with E-state index >= 15 is 0 Å². The van der Waals surface area contributed by atoms with Crippen LogP contribution in [0.1, 0.15) is 22.4 Å². The number of hydrogen-bond acceptors (Lipinski definition) is 3. The number of fused-ring (bicyclic) bond motifs is 1. The van der Waals surface area contributed by atoms with Crippen molar-refractivity contribution in [2.24, 2.45) is 0 Å². The summed E-state index contributed by atoms with van der Waals surface area (Å²) in [5.74, 6) is -0.0339. The summed E-state index contributed by atoms with van der Waals surface area (Å²) in [7, 11) is 0. The number of nitrogens with zero attached hydrogens (tertiary/aromatic N) is 1. The van der Waals surface area contributed by atoms with E-state index in [0.717, 1.165) is 27.4 Å². The highest BCUT2D eigenvalue weighted by Gasteiger charge is 2.24. The Hall–Kier alpha value is -3.18. The van der Waals surface area contributed by atoms with Crippen LogP contribution in [0, 0.1) is 0 Å². The number of aryl methyl sites for hydroxylation is 1. The number of carbonyl (C=O) groups excluding carboxylic acids is 2. The van der Waals surface area contributed by atoms with E-state index in [-0.39, 0.29) is 11.8 Å². The fraction of sp³-hybridized carbons (Fsp3) is 0.130. The van der Waals surface area contributed by atoms with Gasteiger partial charge in [0.25, 0.3) is 0 Å². The lowest BCUT2D eigenvalue weighted by Gasteiger charge is -2.30. The Morgan fingerprint density at radius 2 is 1.93 bits per heavy atom. The lowest BCUT2D eigenvalue weighted by atomic mass is 9.99. The second-order valence-corrected chi connectivity index (χ2v) is 7.63. The molecule has 0 radical (unpaired) electrons. The van der Waals surface area contributed by atoms with E-state index in [2.05, 4.69) is 5.32 Å². The van der Waals surface area contributed by atoms with Gasteiger partial charge in [0.15, 0.2) is 0 Å². The third kappa shape index (κ3) is 4.21. The number of carbonyl (C=O) groups is 2. The molecule has 2 heterocycles. The number of nitrogens with one attached hydrogen (secondary N) is 1. The Morgan fingerprint density at radius 1 is 1.07 bits per heavy atom. The van der Waals surface area contributed by atoms with E-state index in [1.165, 1.54) is 6.08 Å². The molecule has 4 rings (SSSR count). The first-order valence-corrected chi connectivity index (χ1v) is 10.1. The molecule has 0 saturated heterocycles. The maximum atomic E-state index is 12.5. The molecule has 0 fully saturated rings. The molecule has 2 aromatic carbocycles. The van der Waals surface area contributed by atoms with Crippen molar-refractivity contribution < 1.29 is 9.59 Å². The first kappa shape index (κ1) is 18.2. The SMILES string of the molecule is O=C(/C=C/c1cccs1)Nc1ccc2c(c1)CCC(=O)N2Cc1ccccc1. The minimum atomic E-state index is -0.165. The highest BCUT2D eigenvalue weighted by molar-refractivity contribution is 7.10. The number of anilines is 2. The molecule has 0 aliphatic carbocycles. The van der Waals surface area contributed by atoms with Gasteiger partial charge in [-0.3, -0.25) is 9.59 Å². The van der Waals surface area contributed by atoms with E-state index < -0.39 is 0 Å². The predicted molar refractivity (Wildman–Crippen MR) is 114 cm³/mol. The summed E-state index contributed by atoms with van der Waals surface area (Å²) in [4.78, 5) is 27.5. The molecule has 0 bridgehead atoms. The monoisotopic (exact) mass is 388 g/mol. The van der Waals surface area contributed by atoms with E-state index in [0.29, 0.717) is 19.4 Å². The van der Waals surface area contributed by atoms with Crippen LogP contribution in [0.4, 0.5) is 11.4 Å². The van der Waals surface area contributed by atoms with Crippen molar-refractivity contribution in [1.82, 2.24) is 0 Å². The standard InChI is InChI=1S/C23H20N2O2S/c26-22(12-10-20-7-4-14-28-20)24-19-9-11-21-18(15-19)8-13-23(27)25(21)16-17-5-2-1-3-6-17/h1-7,9-12,14-15H,8,13,16H2,(H,24,26)/b12-10+. The average Bonchev–Trinajstić information content (AvgIpc) is 3.23. The Bertz CT molecular complexity index is 1010. The average molecular weight is 388 g/mol. The smallest absolute Gasteiger partial charge is 0.248 e. The number of benzene rings is 2. The number of rotatable bonds is 5. The van der Waals surface area contributed by atoms with Crippen molar-refractivity contribution in [1.29, 1.82) is 0 Å². The fourth-order valence-electron chi connectivity index (χ4n) is 3.30. The third-order valence-corrected chi connectivity index (χ3v) is 5.51. The van der Waals surface area contributed by atoms with Gasteiger partial charge in [-0.05, 0) is 53.3 Å². The van der Waals surface area contributed by atoms with Crippen LogP contribution < -0.4 is 10.2 Å². The third-order valence-electron chi connectivity index (χ3n) is 4.67. The molecule has 0 atom stereocenters. The zero-order chi connectivity index (χ0) is 19.3. The second kappa shape index (κ2) is 8.23. The molecule has 4 nitrogen and oxygen atoms in total. The van der Waals surface area contributed by atoms with Crippen LogP contribution in [-0.4, -0.2) is 11.8 Å². The summed E-state index contributed by atoms with van der Waals surface area (Å²) < 4.78 is 0. The van der Waals surface area contributed by atoms with Gasteiger partial charge in [0.1, 0.15) is 0 Å². The predicted octanol–water partition coefficient (Wildman–Crippen LogP) is 4.88. The molecule has 0 unspecified atom stereocenters. The Morgan fingerprint density at radius 3 is 2.71 bits per heavy atom. The molecule has 1 aliphatic rings. The van der Waals surface area contributed by atoms with Crippen molar-refractivity contribution in [3.05, 3.63) is 88.1 Å². The molecule has 0 saturated carbocycles. The van der Waals surface area contributed by atoms with Gasteiger partial charge in [-0.1, -0.05) is 36.4 Å². The Kier molecular flexibility index (Phi) is 5.35. The van der Waals surface area contributed by atoms with E-state index in [1.807, 2.05) is 70.9 Å². The van der Waals surface area contributed by atoms with Gasteiger partial charge in [0, 0.05) is 28.7 Å². The van der Waals surface area contributed by atoms with E-state index in [4.69, 9.17) is 0 Å². The summed E-state index contributed by atoms with van der Waals surface area (Å²) in [6, 6.07) is 19.6. The van der Waals surface area contributed by atoms with E-state index in [1.54, 1.807) is 17.4 Å². The van der Waals surface area contributed by atoms with Crippen molar-refractivity contribution in [3.8, 4) is 0 Å². The second-order valence-electron chi connectivity index (χ2n) is 6.65. The van der Waals surface area contributed by atoms with Crippen LogP contribution in [0.5, 0.6) is 0 Å². The molecule has 28 heavy (non-hydrogen) atoms. The summed E-state index contributed by atoms with van der Waals surface area (Å²) in [6.45, 7) is 0.557. The maximum Gasteiger partial charge on any atom is 0.248 e. The van der Waals surface area contributed by atoms with Crippen LogP contribution >= 0.6 is 11.3 Å². The number of hydrogen-bond donors (Lipinski definition) is 1. The van der Waals surface area contributed by atoms with Crippen LogP contribution in [0.25, 0.3) is 6.08 Å². The summed E-state index contributed by atoms with van der Waals surface area (Å²) in [5.41, 5.74) is 3.84. The molecule has 140 valence electrons. The van der Waals surface area contributed by atoms with Crippen molar-refractivity contribution >= 4 is 40.6 Å². The molecule has 0 spiro atoms. The lowest BCUT2D eigenvalue weighted by Crippen LogP contribution is -2.34. The zero-order valence-electron chi connectivity index (χ0n) is 15.3. The van der Waals surface area contributed by atoms with Crippen molar-refractivity contribution in [2.45, 2.75) is 19.4 Å². The van der Waals surface area contributed by atoms with Crippen LogP contribution in [-0.2, 0) is 22.6 Å². The molecule has 2 amide bonds. The largest absolute Gasteiger partial charge is 0.323 e. The van der Waals surface area contributed by atoms with Gasteiger partial charge >= 0.3 is 0 Å². The topological polar surface area (TPSA) is 49.4 Å². The van der Waals surface area contributed by atoms with Gasteiger partial charge in [-0.2, -0.15) is 0 Å². The number of thiophene rings is 1. The normalized spacial score (nSPS) is 13.6.